The number of carbonyl (C=O) groups is 6. The summed E-state index contributed by atoms with van der Waals surface area (Å²) in [4.78, 5) is 92.9. The third kappa shape index (κ3) is 15.8. The van der Waals surface area contributed by atoms with Crippen molar-refractivity contribution in [2.24, 2.45) is 28.3 Å². The molecule has 1 heterocycles. The van der Waals surface area contributed by atoms with Crippen LogP contribution in [-0.4, -0.2) is 106 Å². The molecule has 0 bridgehead atoms. The summed E-state index contributed by atoms with van der Waals surface area (Å²) in [5, 5.41) is 21.7. The number of benzene rings is 2. The molecule has 7 unspecified atom stereocenters. The van der Waals surface area contributed by atoms with Crippen molar-refractivity contribution in [3.63, 3.8) is 0 Å². The Hall–Kier alpha value is -5.56. The highest BCUT2D eigenvalue weighted by Crippen LogP contribution is 2.23. The smallest absolute Gasteiger partial charge is 0.275 e. The Kier molecular flexibility index (Phi) is 20.2. The summed E-state index contributed by atoms with van der Waals surface area (Å²) in [6, 6.07) is 11.5. The minimum Gasteiger partial charge on any atom is -0.388 e. The van der Waals surface area contributed by atoms with Gasteiger partial charge in [-0.1, -0.05) is 83.5 Å². The van der Waals surface area contributed by atoms with Crippen LogP contribution in [0.5, 0.6) is 0 Å². The van der Waals surface area contributed by atoms with Crippen LogP contribution in [0, 0.1) is 11.8 Å². The van der Waals surface area contributed by atoms with E-state index in [0.29, 0.717) is 43.6 Å². The number of thiocarbonyl (C=S) groups is 1. The van der Waals surface area contributed by atoms with Crippen molar-refractivity contribution < 1.29 is 38.7 Å². The number of nitrogens with zero attached hydrogens (tertiary/aromatic N) is 2. The van der Waals surface area contributed by atoms with E-state index in [1.807, 2.05) is 84.0 Å². The largest absolute Gasteiger partial charge is 0.388 e. The molecule has 0 spiro atoms. The fourth-order valence-corrected chi connectivity index (χ4v) is 7.84. The number of nitrogens with one attached hydrogen (secondary N) is 5. The van der Waals surface area contributed by atoms with Gasteiger partial charge < -0.3 is 47.6 Å². The molecule has 1 saturated heterocycles. The SMILES string of the molecule is CCCC(=NC(C(=O)NC(CC(C)C)C(=O)NC(Cc1ccccc1)C(=O)N1CCCC1C(=O)Nc1ccc(C(C)NOC(N)=S)cc1)C(C)C)C(N)CNC(=O)C1=CC(=O)CCC1O. The quantitative estimate of drug-likeness (QED) is 0.0482. The summed E-state index contributed by atoms with van der Waals surface area (Å²) in [7, 11) is 0. The lowest BCUT2D eigenvalue weighted by molar-refractivity contribution is -0.140. The standard InChI is InChI=1S/C47H67N9O8S/c1-7-12-36(35(48)26-50-42(59)34-25-33(57)20-21-40(34)58)52-41(28(4)5)45(62)53-37(23-27(2)3)43(60)54-38(24-30-13-9-8-10-14-30)46(63)56-22-11-15-39(56)44(61)51-32-18-16-31(17-19-32)29(6)55-64-47(49)65/h8-10,13-14,16-19,25,27-29,35,37-41,55,58H,7,11-12,15,20-24,26,48H2,1-6H3,(H2,49,65)(H,50,59)(H,51,61)(H,53,62)(H,54,60). The molecular weight excluding hydrogens is 851 g/mol. The van der Waals surface area contributed by atoms with Crippen LogP contribution >= 0.6 is 12.2 Å². The average molecular weight is 918 g/mol. The normalized spacial score (nSPS) is 18.8. The molecule has 2 aromatic rings. The molecule has 2 aliphatic rings. The van der Waals surface area contributed by atoms with E-state index in [1.165, 1.54) is 4.90 Å². The molecule has 1 aliphatic carbocycles. The van der Waals surface area contributed by atoms with Gasteiger partial charge in [-0.15, -0.1) is 5.48 Å². The Morgan fingerprint density at radius 1 is 0.954 bits per heavy atom. The first kappa shape index (κ1) is 52.1. The number of aliphatic hydroxyl groups excluding tert-OH is 1. The number of aliphatic imine (C=N–C) groups is 1. The first-order chi connectivity index (χ1) is 30.9. The van der Waals surface area contributed by atoms with Gasteiger partial charge in [0.15, 0.2) is 5.78 Å². The number of nitrogens with two attached hydrogens (primary N) is 2. The number of hydrogen-bond acceptors (Lipinski definition) is 12. The zero-order valence-electron chi connectivity index (χ0n) is 38.3. The highest BCUT2D eigenvalue weighted by molar-refractivity contribution is 7.80. The first-order valence-electron chi connectivity index (χ1n) is 22.5. The van der Waals surface area contributed by atoms with E-state index in [0.717, 1.165) is 17.2 Å². The van der Waals surface area contributed by atoms with Gasteiger partial charge in [-0.05, 0) is 92.4 Å². The van der Waals surface area contributed by atoms with Gasteiger partial charge in [-0.3, -0.25) is 33.8 Å². The molecule has 4 rings (SSSR count). The van der Waals surface area contributed by atoms with Gasteiger partial charge in [0.1, 0.15) is 24.2 Å². The maximum absolute atomic E-state index is 14.5. The van der Waals surface area contributed by atoms with Gasteiger partial charge in [-0.2, -0.15) is 0 Å². The number of aliphatic hydroxyl groups is 1. The topological polar surface area (TPSA) is 260 Å². The summed E-state index contributed by atoms with van der Waals surface area (Å²) in [5.41, 5.74) is 17.4. The van der Waals surface area contributed by atoms with E-state index < -0.39 is 59.9 Å². The van der Waals surface area contributed by atoms with E-state index >= 15 is 0 Å². The van der Waals surface area contributed by atoms with Crippen LogP contribution in [0.15, 0.2) is 71.2 Å². The molecule has 17 nitrogen and oxygen atoms in total. The summed E-state index contributed by atoms with van der Waals surface area (Å²) in [6.07, 6.45) is 2.91. The van der Waals surface area contributed by atoms with Crippen LogP contribution in [0.25, 0.3) is 0 Å². The Morgan fingerprint density at radius 2 is 1.63 bits per heavy atom. The van der Waals surface area contributed by atoms with Gasteiger partial charge in [0, 0.05) is 42.9 Å². The maximum Gasteiger partial charge on any atom is 0.275 e. The van der Waals surface area contributed by atoms with Gasteiger partial charge in [0.2, 0.25) is 29.5 Å². The second kappa shape index (κ2) is 25.2. The number of anilines is 1. The number of rotatable bonds is 22. The van der Waals surface area contributed by atoms with E-state index in [-0.39, 0.29) is 72.5 Å². The predicted molar refractivity (Wildman–Crippen MR) is 253 cm³/mol. The van der Waals surface area contributed by atoms with Gasteiger partial charge in [0.05, 0.1) is 18.2 Å². The Morgan fingerprint density at radius 3 is 2.26 bits per heavy atom. The van der Waals surface area contributed by atoms with Crippen molar-refractivity contribution in [3.05, 3.63) is 77.4 Å². The molecular formula is C47H67N9O8S. The number of carbonyl (C=O) groups excluding carboxylic acids is 6. The molecule has 18 heteroatoms. The average Bonchev–Trinajstić information content (AvgIpc) is 3.77. The monoisotopic (exact) mass is 917 g/mol. The molecule has 0 radical (unpaired) electrons. The highest BCUT2D eigenvalue weighted by atomic mass is 32.1. The molecule has 5 amide bonds. The summed E-state index contributed by atoms with van der Waals surface area (Å²) < 4.78 is 0. The number of amides is 5. The summed E-state index contributed by atoms with van der Waals surface area (Å²) in [6.45, 7) is 11.6. The third-order valence-electron chi connectivity index (χ3n) is 11.3. The molecule has 65 heavy (non-hydrogen) atoms. The molecule has 1 fully saturated rings. The molecule has 1 aliphatic heterocycles. The van der Waals surface area contributed by atoms with Crippen molar-refractivity contribution in [3.8, 4) is 0 Å². The minimum absolute atomic E-state index is 0.0155. The molecule has 2 aromatic carbocycles. The molecule has 7 atom stereocenters. The van der Waals surface area contributed by atoms with Gasteiger partial charge in [-0.25, -0.2) is 0 Å². The predicted octanol–water partition coefficient (Wildman–Crippen LogP) is 3.06. The Balaban J connectivity index is 1.51. The van der Waals surface area contributed by atoms with Crippen LogP contribution < -0.4 is 38.2 Å². The lowest BCUT2D eigenvalue weighted by Gasteiger charge is -2.30. The van der Waals surface area contributed by atoms with Gasteiger partial charge >= 0.3 is 0 Å². The van der Waals surface area contributed by atoms with E-state index in [4.69, 9.17) is 33.5 Å². The van der Waals surface area contributed by atoms with Crippen LogP contribution in [0.2, 0.25) is 0 Å². The number of hydrogen-bond donors (Lipinski definition) is 8. The number of allylic oxidation sites excluding steroid dienone is 1. The van der Waals surface area contributed by atoms with Crippen LogP contribution in [0.4, 0.5) is 5.69 Å². The van der Waals surface area contributed by atoms with Crippen molar-refractivity contribution in [2.75, 3.05) is 18.4 Å². The van der Waals surface area contributed by atoms with E-state index in [9.17, 15) is 33.9 Å². The third-order valence-corrected chi connectivity index (χ3v) is 11.4. The Labute approximate surface area is 387 Å². The van der Waals surface area contributed by atoms with Crippen LogP contribution in [-0.2, 0) is 40.0 Å². The lowest BCUT2D eigenvalue weighted by atomic mass is 9.95. The van der Waals surface area contributed by atoms with E-state index in [1.54, 1.807) is 12.1 Å². The second-order valence-corrected chi connectivity index (χ2v) is 17.9. The summed E-state index contributed by atoms with van der Waals surface area (Å²) >= 11 is 4.75. The maximum atomic E-state index is 14.5. The van der Waals surface area contributed by atoms with E-state index in [2.05, 4.69) is 26.7 Å². The fourth-order valence-electron chi connectivity index (χ4n) is 7.79. The second-order valence-electron chi connectivity index (χ2n) is 17.5. The molecule has 354 valence electrons. The van der Waals surface area contributed by atoms with Crippen molar-refractivity contribution in [1.82, 2.24) is 26.3 Å². The van der Waals surface area contributed by atoms with Crippen molar-refractivity contribution >= 4 is 64.1 Å². The number of ketones is 1. The highest BCUT2D eigenvalue weighted by Gasteiger charge is 2.39. The molecule has 10 N–H and O–H groups in total. The van der Waals surface area contributed by atoms with Crippen molar-refractivity contribution in [2.45, 2.75) is 135 Å². The first-order valence-corrected chi connectivity index (χ1v) is 22.9. The zero-order chi connectivity index (χ0) is 47.8. The Bertz CT molecular complexity index is 2050. The van der Waals surface area contributed by atoms with Crippen LogP contribution in [0.3, 0.4) is 0 Å². The van der Waals surface area contributed by atoms with Crippen molar-refractivity contribution in [1.29, 1.82) is 0 Å². The number of hydroxylamine groups is 1. The van der Waals surface area contributed by atoms with Crippen LogP contribution in [0.1, 0.15) is 104 Å². The lowest BCUT2D eigenvalue weighted by Crippen LogP contribution is -2.58. The van der Waals surface area contributed by atoms with Gasteiger partial charge in [0.25, 0.3) is 5.17 Å². The molecule has 0 aromatic heterocycles. The summed E-state index contributed by atoms with van der Waals surface area (Å²) in [5.74, 6) is -3.03. The fraction of sp³-hybridized carbons (Fsp3) is 0.532. The minimum atomic E-state index is -1.06. The molecule has 0 saturated carbocycles. The zero-order valence-corrected chi connectivity index (χ0v) is 39.1. The number of likely N-dealkylation sites (tertiary alicyclic amines) is 1.